The van der Waals surface area contributed by atoms with Crippen molar-refractivity contribution in [2.24, 2.45) is 0 Å². The standard InChI is InChI=1S/C14H14OS/c15-10-12-6-4-5-7-13(12)11-16-14-8-2-1-3-9-14/h1-9,15H,10-11H2. The van der Waals surface area contributed by atoms with Crippen molar-refractivity contribution in [3.8, 4) is 0 Å². The third-order valence-electron chi connectivity index (χ3n) is 2.43. The van der Waals surface area contributed by atoms with Crippen molar-refractivity contribution in [2.75, 3.05) is 0 Å². The van der Waals surface area contributed by atoms with E-state index in [0.717, 1.165) is 11.3 Å². The molecule has 82 valence electrons. The van der Waals surface area contributed by atoms with Gasteiger partial charge in [-0.3, -0.25) is 0 Å². The van der Waals surface area contributed by atoms with Gasteiger partial charge in [0.05, 0.1) is 6.61 Å². The van der Waals surface area contributed by atoms with Crippen LogP contribution in [0.1, 0.15) is 11.1 Å². The minimum absolute atomic E-state index is 0.117. The molecule has 0 amide bonds. The molecule has 0 bridgehead atoms. The van der Waals surface area contributed by atoms with E-state index in [1.165, 1.54) is 10.5 Å². The molecule has 0 radical (unpaired) electrons. The lowest BCUT2D eigenvalue weighted by atomic mass is 10.1. The molecule has 0 saturated carbocycles. The number of hydrogen-bond donors (Lipinski definition) is 1. The van der Waals surface area contributed by atoms with Crippen molar-refractivity contribution >= 4 is 11.8 Å². The second kappa shape index (κ2) is 5.73. The monoisotopic (exact) mass is 230 g/mol. The van der Waals surface area contributed by atoms with E-state index in [4.69, 9.17) is 0 Å². The van der Waals surface area contributed by atoms with E-state index in [9.17, 15) is 5.11 Å². The van der Waals surface area contributed by atoms with E-state index in [1.807, 2.05) is 36.4 Å². The van der Waals surface area contributed by atoms with E-state index >= 15 is 0 Å². The second-order valence-electron chi connectivity index (χ2n) is 3.53. The van der Waals surface area contributed by atoms with Crippen LogP contribution in [0.4, 0.5) is 0 Å². The fraction of sp³-hybridized carbons (Fsp3) is 0.143. The number of rotatable bonds is 4. The first kappa shape index (κ1) is 11.2. The lowest BCUT2D eigenvalue weighted by Crippen LogP contribution is -1.91. The van der Waals surface area contributed by atoms with E-state index in [0.29, 0.717) is 0 Å². The first-order valence-electron chi connectivity index (χ1n) is 5.25. The normalized spacial score (nSPS) is 10.3. The summed E-state index contributed by atoms with van der Waals surface area (Å²) in [5, 5.41) is 9.21. The van der Waals surface area contributed by atoms with Crippen LogP contribution < -0.4 is 0 Å². The highest BCUT2D eigenvalue weighted by atomic mass is 32.2. The van der Waals surface area contributed by atoms with Crippen molar-refractivity contribution in [2.45, 2.75) is 17.3 Å². The van der Waals surface area contributed by atoms with Crippen molar-refractivity contribution in [1.82, 2.24) is 0 Å². The fourth-order valence-corrected chi connectivity index (χ4v) is 2.48. The Labute approximate surface area is 100 Å². The third kappa shape index (κ3) is 2.87. The zero-order chi connectivity index (χ0) is 11.2. The Balaban J connectivity index is 2.05. The fourth-order valence-electron chi connectivity index (χ4n) is 1.53. The Bertz CT molecular complexity index is 439. The van der Waals surface area contributed by atoms with Crippen molar-refractivity contribution in [1.29, 1.82) is 0 Å². The van der Waals surface area contributed by atoms with Crippen molar-refractivity contribution in [3.05, 3.63) is 65.7 Å². The highest BCUT2D eigenvalue weighted by Crippen LogP contribution is 2.23. The van der Waals surface area contributed by atoms with Gasteiger partial charge >= 0.3 is 0 Å². The summed E-state index contributed by atoms with van der Waals surface area (Å²) < 4.78 is 0. The zero-order valence-electron chi connectivity index (χ0n) is 8.97. The summed E-state index contributed by atoms with van der Waals surface area (Å²) in [4.78, 5) is 1.26. The highest BCUT2D eigenvalue weighted by molar-refractivity contribution is 7.98. The van der Waals surface area contributed by atoms with Gasteiger partial charge in [0.25, 0.3) is 0 Å². The van der Waals surface area contributed by atoms with Crippen LogP contribution in [-0.4, -0.2) is 5.11 Å². The zero-order valence-corrected chi connectivity index (χ0v) is 9.78. The molecular formula is C14H14OS. The summed E-state index contributed by atoms with van der Waals surface area (Å²) in [6.07, 6.45) is 0. The van der Waals surface area contributed by atoms with Gasteiger partial charge in [-0.15, -0.1) is 11.8 Å². The maximum Gasteiger partial charge on any atom is 0.0684 e. The van der Waals surface area contributed by atoms with Gasteiger partial charge in [0.1, 0.15) is 0 Å². The molecule has 0 heterocycles. The molecule has 0 spiro atoms. The van der Waals surface area contributed by atoms with Gasteiger partial charge < -0.3 is 5.11 Å². The lowest BCUT2D eigenvalue weighted by molar-refractivity contribution is 0.281. The molecule has 0 aliphatic rings. The Morgan fingerprint density at radius 1 is 0.812 bits per heavy atom. The number of thioether (sulfide) groups is 1. The van der Waals surface area contributed by atoms with Gasteiger partial charge in [0.15, 0.2) is 0 Å². The molecule has 16 heavy (non-hydrogen) atoms. The Morgan fingerprint density at radius 3 is 2.12 bits per heavy atom. The summed E-state index contributed by atoms with van der Waals surface area (Å²) in [5.74, 6) is 0.904. The number of aliphatic hydroxyl groups is 1. The van der Waals surface area contributed by atoms with Gasteiger partial charge in [0, 0.05) is 10.6 Å². The summed E-state index contributed by atoms with van der Waals surface area (Å²) in [6, 6.07) is 18.3. The smallest absolute Gasteiger partial charge is 0.0684 e. The predicted octanol–water partition coefficient (Wildman–Crippen LogP) is 3.47. The molecule has 1 nitrogen and oxygen atoms in total. The van der Waals surface area contributed by atoms with Crippen LogP contribution in [0, 0.1) is 0 Å². The van der Waals surface area contributed by atoms with Gasteiger partial charge in [-0.25, -0.2) is 0 Å². The minimum atomic E-state index is 0.117. The van der Waals surface area contributed by atoms with E-state index in [2.05, 4.69) is 18.2 Å². The second-order valence-corrected chi connectivity index (χ2v) is 4.58. The molecule has 0 atom stereocenters. The summed E-state index contributed by atoms with van der Waals surface area (Å²) in [7, 11) is 0. The molecule has 2 aromatic carbocycles. The molecule has 0 saturated heterocycles. The summed E-state index contributed by atoms with van der Waals surface area (Å²) in [6.45, 7) is 0.117. The van der Waals surface area contributed by atoms with Crippen LogP contribution in [0.3, 0.4) is 0 Å². The van der Waals surface area contributed by atoms with E-state index in [1.54, 1.807) is 11.8 Å². The van der Waals surface area contributed by atoms with Crippen molar-refractivity contribution < 1.29 is 5.11 Å². The van der Waals surface area contributed by atoms with Gasteiger partial charge in [0.2, 0.25) is 0 Å². The van der Waals surface area contributed by atoms with Crippen LogP contribution in [0.2, 0.25) is 0 Å². The SMILES string of the molecule is OCc1ccccc1CSc1ccccc1. The van der Waals surface area contributed by atoms with Crippen LogP contribution >= 0.6 is 11.8 Å². The first-order chi connectivity index (χ1) is 7.90. The lowest BCUT2D eigenvalue weighted by Gasteiger charge is -2.06. The Kier molecular flexibility index (Phi) is 4.03. The average Bonchev–Trinajstić information content (AvgIpc) is 2.38. The predicted molar refractivity (Wildman–Crippen MR) is 68.4 cm³/mol. The van der Waals surface area contributed by atoms with Crippen LogP contribution in [0.5, 0.6) is 0 Å². The van der Waals surface area contributed by atoms with Crippen LogP contribution in [0.25, 0.3) is 0 Å². The maximum atomic E-state index is 9.21. The molecular weight excluding hydrogens is 216 g/mol. The molecule has 1 N–H and O–H groups in total. The summed E-state index contributed by atoms with van der Waals surface area (Å²) >= 11 is 1.79. The van der Waals surface area contributed by atoms with Crippen molar-refractivity contribution in [3.63, 3.8) is 0 Å². The summed E-state index contributed by atoms with van der Waals surface area (Å²) in [5.41, 5.74) is 2.23. The van der Waals surface area contributed by atoms with Gasteiger partial charge in [-0.2, -0.15) is 0 Å². The van der Waals surface area contributed by atoms with E-state index in [-0.39, 0.29) is 6.61 Å². The molecule has 0 aromatic heterocycles. The van der Waals surface area contributed by atoms with Gasteiger partial charge in [-0.05, 0) is 23.3 Å². The first-order valence-corrected chi connectivity index (χ1v) is 6.24. The average molecular weight is 230 g/mol. The Hall–Kier alpha value is -1.25. The Morgan fingerprint density at radius 2 is 1.44 bits per heavy atom. The number of aliphatic hydroxyl groups excluding tert-OH is 1. The molecule has 0 aliphatic heterocycles. The van der Waals surface area contributed by atoms with Crippen LogP contribution in [0.15, 0.2) is 59.5 Å². The minimum Gasteiger partial charge on any atom is -0.392 e. The highest BCUT2D eigenvalue weighted by Gasteiger charge is 2.01. The van der Waals surface area contributed by atoms with E-state index < -0.39 is 0 Å². The van der Waals surface area contributed by atoms with Crippen LogP contribution in [-0.2, 0) is 12.4 Å². The molecule has 0 unspecified atom stereocenters. The maximum absolute atomic E-state index is 9.21. The third-order valence-corrected chi connectivity index (χ3v) is 3.49. The largest absolute Gasteiger partial charge is 0.392 e. The molecule has 2 aromatic rings. The molecule has 2 rings (SSSR count). The molecule has 0 fully saturated rings. The number of hydrogen-bond acceptors (Lipinski definition) is 2. The quantitative estimate of drug-likeness (QED) is 0.812. The topological polar surface area (TPSA) is 20.2 Å². The molecule has 0 aliphatic carbocycles. The van der Waals surface area contributed by atoms with Gasteiger partial charge in [-0.1, -0.05) is 42.5 Å². The molecule has 2 heteroatoms. The number of benzene rings is 2.